The summed E-state index contributed by atoms with van der Waals surface area (Å²) in [6, 6.07) is 8.70. The van der Waals surface area contributed by atoms with Crippen LogP contribution in [0.15, 0.2) is 24.3 Å². The van der Waals surface area contributed by atoms with Crippen LogP contribution in [0, 0.1) is 11.8 Å². The number of rotatable bonds is 9. The summed E-state index contributed by atoms with van der Waals surface area (Å²) >= 11 is 0. The lowest BCUT2D eigenvalue weighted by Crippen LogP contribution is -2.40. The summed E-state index contributed by atoms with van der Waals surface area (Å²) in [4.78, 5) is 25.6. The van der Waals surface area contributed by atoms with Gasteiger partial charge in [-0.05, 0) is 61.5 Å². The lowest BCUT2D eigenvalue weighted by atomic mass is 9.89. The lowest BCUT2D eigenvalue weighted by Gasteiger charge is -2.32. The second-order valence-electron chi connectivity index (χ2n) is 8.03. The van der Waals surface area contributed by atoms with E-state index in [1.807, 2.05) is 4.90 Å². The molecule has 3 rings (SSSR count). The molecule has 0 spiro atoms. The van der Waals surface area contributed by atoms with Crippen LogP contribution in [-0.2, 0) is 27.2 Å². The molecule has 5 nitrogen and oxygen atoms in total. The maximum absolute atomic E-state index is 11.9. The second kappa shape index (κ2) is 9.88. The minimum absolute atomic E-state index is 0.0986. The van der Waals surface area contributed by atoms with Gasteiger partial charge in [-0.1, -0.05) is 24.3 Å². The molecular formula is C22H32N2O3. The van der Waals surface area contributed by atoms with Crippen molar-refractivity contribution >= 4 is 11.8 Å². The molecule has 1 saturated carbocycles. The van der Waals surface area contributed by atoms with Crippen LogP contribution < -0.4 is 5.32 Å². The largest absolute Gasteiger partial charge is 0.375 e. The van der Waals surface area contributed by atoms with Gasteiger partial charge in [0, 0.05) is 33.2 Å². The van der Waals surface area contributed by atoms with Gasteiger partial charge in [0.15, 0.2) is 0 Å². The molecule has 0 aromatic heterocycles. The maximum atomic E-state index is 11.9. The van der Waals surface area contributed by atoms with Crippen molar-refractivity contribution in [2.45, 2.75) is 44.9 Å². The average Bonchev–Trinajstić information content (AvgIpc) is 3.51. The summed E-state index contributed by atoms with van der Waals surface area (Å²) in [5.41, 5.74) is 2.57. The molecule has 2 amide bonds. The molecule has 1 aromatic rings. The number of carbonyl (C=O) groups is 2. The minimum Gasteiger partial charge on any atom is -0.375 e. The number of methoxy groups -OCH3 is 1. The SMILES string of the molecule is COCC(=O)N1CCC(Cc2ccc(CCC(=O)NCC3CC3)cc2)CC1. The number of hydrogen-bond donors (Lipinski definition) is 1. The number of nitrogens with zero attached hydrogens (tertiary/aromatic N) is 1. The van der Waals surface area contributed by atoms with Crippen LogP contribution in [0.5, 0.6) is 0 Å². The highest BCUT2D eigenvalue weighted by Crippen LogP contribution is 2.27. The van der Waals surface area contributed by atoms with Gasteiger partial charge in [0.2, 0.25) is 11.8 Å². The molecule has 1 saturated heterocycles. The number of piperidine rings is 1. The number of carbonyl (C=O) groups excluding carboxylic acids is 2. The highest BCUT2D eigenvalue weighted by atomic mass is 16.5. The quantitative estimate of drug-likeness (QED) is 0.725. The van der Waals surface area contributed by atoms with E-state index in [0.717, 1.165) is 51.2 Å². The summed E-state index contributed by atoms with van der Waals surface area (Å²) in [6.07, 6.45) is 7.08. The first-order valence-corrected chi connectivity index (χ1v) is 10.2. The number of amides is 2. The first-order chi connectivity index (χ1) is 13.1. The number of hydrogen-bond acceptors (Lipinski definition) is 3. The summed E-state index contributed by atoms with van der Waals surface area (Å²) in [5, 5.41) is 3.03. The number of benzene rings is 1. The predicted molar refractivity (Wildman–Crippen MR) is 105 cm³/mol. The molecule has 1 heterocycles. The van der Waals surface area contributed by atoms with Crippen molar-refractivity contribution in [1.82, 2.24) is 10.2 Å². The van der Waals surface area contributed by atoms with Gasteiger partial charge in [0.05, 0.1) is 0 Å². The molecule has 1 aliphatic heterocycles. The van der Waals surface area contributed by atoms with E-state index in [-0.39, 0.29) is 18.4 Å². The van der Waals surface area contributed by atoms with Crippen LogP contribution in [0.3, 0.4) is 0 Å². The maximum Gasteiger partial charge on any atom is 0.248 e. The minimum atomic E-state index is 0.0986. The molecule has 2 aliphatic rings. The molecule has 148 valence electrons. The summed E-state index contributed by atoms with van der Waals surface area (Å²) in [7, 11) is 1.56. The average molecular weight is 373 g/mol. The molecule has 5 heteroatoms. The van der Waals surface area contributed by atoms with Crippen molar-refractivity contribution in [2.24, 2.45) is 11.8 Å². The van der Waals surface area contributed by atoms with Crippen molar-refractivity contribution in [3.8, 4) is 0 Å². The highest BCUT2D eigenvalue weighted by Gasteiger charge is 2.23. The van der Waals surface area contributed by atoms with Crippen LogP contribution in [0.25, 0.3) is 0 Å². The van der Waals surface area contributed by atoms with Gasteiger partial charge in [-0.25, -0.2) is 0 Å². The van der Waals surface area contributed by atoms with E-state index in [0.29, 0.717) is 12.3 Å². The topological polar surface area (TPSA) is 58.6 Å². The zero-order valence-corrected chi connectivity index (χ0v) is 16.4. The number of aryl methyl sites for hydroxylation is 1. The monoisotopic (exact) mass is 372 g/mol. The van der Waals surface area contributed by atoms with Crippen molar-refractivity contribution in [2.75, 3.05) is 33.4 Å². The Kier molecular flexibility index (Phi) is 7.27. The van der Waals surface area contributed by atoms with Crippen molar-refractivity contribution in [3.63, 3.8) is 0 Å². The van der Waals surface area contributed by atoms with Crippen LogP contribution in [-0.4, -0.2) is 50.1 Å². The second-order valence-corrected chi connectivity index (χ2v) is 8.03. The zero-order valence-electron chi connectivity index (χ0n) is 16.4. The Labute approximate surface area is 162 Å². The summed E-state index contributed by atoms with van der Waals surface area (Å²) < 4.78 is 4.94. The number of nitrogens with one attached hydrogen (secondary N) is 1. The lowest BCUT2D eigenvalue weighted by molar-refractivity contribution is -0.136. The Balaban J connectivity index is 1.36. The Morgan fingerprint density at radius 2 is 1.70 bits per heavy atom. The predicted octanol–water partition coefficient (Wildman–Crippen LogP) is 2.57. The van der Waals surface area contributed by atoms with E-state index in [2.05, 4.69) is 29.6 Å². The fraction of sp³-hybridized carbons (Fsp3) is 0.636. The van der Waals surface area contributed by atoms with Crippen LogP contribution >= 0.6 is 0 Å². The molecule has 0 bridgehead atoms. The fourth-order valence-corrected chi connectivity index (χ4v) is 3.70. The highest BCUT2D eigenvalue weighted by molar-refractivity contribution is 5.77. The molecule has 1 aliphatic carbocycles. The van der Waals surface area contributed by atoms with Gasteiger partial charge < -0.3 is 15.0 Å². The van der Waals surface area contributed by atoms with Crippen LogP contribution in [0.4, 0.5) is 0 Å². The van der Waals surface area contributed by atoms with Crippen LogP contribution in [0.1, 0.15) is 43.2 Å². The third-order valence-corrected chi connectivity index (χ3v) is 5.71. The molecule has 0 atom stereocenters. The van der Waals surface area contributed by atoms with Crippen molar-refractivity contribution in [1.29, 1.82) is 0 Å². The number of ether oxygens (including phenoxy) is 1. The van der Waals surface area contributed by atoms with Gasteiger partial charge in [-0.2, -0.15) is 0 Å². The van der Waals surface area contributed by atoms with Gasteiger partial charge >= 0.3 is 0 Å². The molecule has 2 fully saturated rings. The third kappa shape index (κ3) is 6.65. The molecule has 0 unspecified atom stereocenters. The van der Waals surface area contributed by atoms with Crippen LogP contribution in [0.2, 0.25) is 0 Å². The van der Waals surface area contributed by atoms with Gasteiger partial charge in [-0.15, -0.1) is 0 Å². The molecule has 27 heavy (non-hydrogen) atoms. The standard InChI is InChI=1S/C22H32N2O3/c1-27-16-22(26)24-12-10-19(11-13-24)14-18-4-2-17(3-5-18)8-9-21(25)23-15-20-6-7-20/h2-5,19-20H,6-16H2,1H3,(H,23,25). The van der Waals surface area contributed by atoms with E-state index < -0.39 is 0 Å². The van der Waals surface area contributed by atoms with E-state index >= 15 is 0 Å². The fourth-order valence-electron chi connectivity index (χ4n) is 3.70. The molecule has 1 aromatic carbocycles. The Morgan fingerprint density at radius 1 is 1.04 bits per heavy atom. The van der Waals surface area contributed by atoms with E-state index in [9.17, 15) is 9.59 Å². The normalized spacial score (nSPS) is 17.7. The third-order valence-electron chi connectivity index (χ3n) is 5.71. The van der Waals surface area contributed by atoms with Gasteiger partial charge in [0.1, 0.15) is 6.61 Å². The van der Waals surface area contributed by atoms with Crippen molar-refractivity contribution < 1.29 is 14.3 Å². The van der Waals surface area contributed by atoms with E-state index in [1.54, 1.807) is 7.11 Å². The van der Waals surface area contributed by atoms with Crippen molar-refractivity contribution in [3.05, 3.63) is 35.4 Å². The Morgan fingerprint density at radius 3 is 2.33 bits per heavy atom. The molecular weight excluding hydrogens is 340 g/mol. The van der Waals surface area contributed by atoms with Gasteiger partial charge in [-0.3, -0.25) is 9.59 Å². The first kappa shape index (κ1) is 19.9. The Hall–Kier alpha value is -1.88. The Bertz CT molecular complexity index is 617. The summed E-state index contributed by atoms with van der Waals surface area (Å²) in [6.45, 7) is 2.71. The molecule has 0 radical (unpaired) electrons. The smallest absolute Gasteiger partial charge is 0.248 e. The zero-order chi connectivity index (χ0) is 19.1. The van der Waals surface area contributed by atoms with E-state index in [4.69, 9.17) is 4.74 Å². The number of likely N-dealkylation sites (tertiary alicyclic amines) is 1. The van der Waals surface area contributed by atoms with E-state index in [1.165, 1.54) is 24.0 Å². The summed E-state index contributed by atoms with van der Waals surface area (Å²) in [5.74, 6) is 1.64. The first-order valence-electron chi connectivity index (χ1n) is 10.2. The van der Waals surface area contributed by atoms with Gasteiger partial charge in [0.25, 0.3) is 0 Å². The molecule has 1 N–H and O–H groups in total.